The van der Waals surface area contributed by atoms with E-state index in [4.69, 9.17) is 9.47 Å². The summed E-state index contributed by atoms with van der Waals surface area (Å²) in [5.74, 6) is 0.00746. The molecule has 1 atom stereocenters. The summed E-state index contributed by atoms with van der Waals surface area (Å²) in [5, 5.41) is 0. The topological polar surface area (TPSA) is 55.8 Å². The number of carbonyl (C=O) groups is 2. The van der Waals surface area contributed by atoms with Crippen molar-refractivity contribution in [3.8, 4) is 0 Å². The van der Waals surface area contributed by atoms with Crippen LogP contribution >= 0.6 is 0 Å². The lowest BCUT2D eigenvalue weighted by atomic mass is 9.85. The highest BCUT2D eigenvalue weighted by Crippen LogP contribution is 2.34. The van der Waals surface area contributed by atoms with Gasteiger partial charge in [-0.05, 0) is 40.0 Å². The Bertz CT molecular complexity index is 360. The highest BCUT2D eigenvalue weighted by Gasteiger charge is 2.52. The lowest BCUT2D eigenvalue weighted by Gasteiger charge is -2.42. The number of likely N-dealkylation sites (tertiary alicyclic amines) is 1. The lowest BCUT2D eigenvalue weighted by molar-refractivity contribution is -0.128. The van der Waals surface area contributed by atoms with Crippen molar-refractivity contribution in [3.05, 3.63) is 0 Å². The maximum Gasteiger partial charge on any atom is 0.411 e. The Balaban J connectivity index is 2.18. The van der Waals surface area contributed by atoms with Crippen LogP contribution in [0.3, 0.4) is 0 Å². The van der Waals surface area contributed by atoms with Crippen LogP contribution in [-0.2, 0) is 14.3 Å². The molecule has 2 aliphatic heterocycles. The van der Waals surface area contributed by atoms with Gasteiger partial charge in [0, 0.05) is 6.54 Å². The molecular formula is C13H21NO4. The van der Waals surface area contributed by atoms with E-state index in [1.807, 2.05) is 20.8 Å². The van der Waals surface area contributed by atoms with Gasteiger partial charge in [-0.1, -0.05) is 0 Å². The molecule has 0 N–H and O–H groups in total. The Morgan fingerprint density at radius 2 is 2.11 bits per heavy atom. The van der Waals surface area contributed by atoms with Crippen molar-refractivity contribution in [2.24, 2.45) is 0 Å². The third-order valence-electron chi connectivity index (χ3n) is 3.45. The van der Waals surface area contributed by atoms with Crippen LogP contribution in [0, 0.1) is 0 Å². The third-order valence-corrected chi connectivity index (χ3v) is 3.45. The highest BCUT2D eigenvalue weighted by atomic mass is 16.6. The van der Waals surface area contributed by atoms with Crippen molar-refractivity contribution >= 4 is 11.9 Å². The van der Waals surface area contributed by atoms with E-state index in [1.165, 1.54) is 0 Å². The molecular weight excluding hydrogens is 234 g/mol. The minimum Gasteiger partial charge on any atom is -0.444 e. The number of amides is 1. The van der Waals surface area contributed by atoms with Crippen LogP contribution in [0.1, 0.15) is 40.0 Å². The van der Waals surface area contributed by atoms with Crippen LogP contribution in [0.15, 0.2) is 0 Å². The number of piperidine rings is 1. The van der Waals surface area contributed by atoms with E-state index in [0.29, 0.717) is 19.6 Å². The van der Waals surface area contributed by atoms with Crippen molar-refractivity contribution in [2.75, 3.05) is 19.8 Å². The maximum atomic E-state index is 12.2. The van der Waals surface area contributed by atoms with E-state index < -0.39 is 17.2 Å². The zero-order valence-corrected chi connectivity index (χ0v) is 11.3. The zero-order chi connectivity index (χ0) is 13.4. The van der Waals surface area contributed by atoms with Gasteiger partial charge in [-0.2, -0.15) is 0 Å². The van der Waals surface area contributed by atoms with Crippen LogP contribution in [0.25, 0.3) is 0 Å². The second-order valence-electron chi connectivity index (χ2n) is 6.04. The quantitative estimate of drug-likeness (QED) is 0.661. The molecule has 2 heterocycles. The van der Waals surface area contributed by atoms with Gasteiger partial charge < -0.3 is 9.47 Å². The van der Waals surface area contributed by atoms with Gasteiger partial charge in [0.25, 0.3) is 0 Å². The monoisotopic (exact) mass is 255 g/mol. The van der Waals surface area contributed by atoms with Crippen molar-refractivity contribution < 1.29 is 19.1 Å². The number of carbonyl (C=O) groups excluding carboxylic acids is 2. The molecule has 0 radical (unpaired) electrons. The molecule has 2 saturated heterocycles. The zero-order valence-electron chi connectivity index (χ0n) is 11.3. The third kappa shape index (κ3) is 2.36. The summed E-state index contributed by atoms with van der Waals surface area (Å²) in [5.41, 5.74) is -1.31. The lowest BCUT2D eigenvalue weighted by Crippen LogP contribution is -2.60. The predicted molar refractivity (Wildman–Crippen MR) is 65.3 cm³/mol. The fourth-order valence-electron chi connectivity index (χ4n) is 2.59. The van der Waals surface area contributed by atoms with Gasteiger partial charge in [-0.15, -0.1) is 0 Å². The molecule has 2 fully saturated rings. The van der Waals surface area contributed by atoms with Crippen LogP contribution in [0.2, 0.25) is 0 Å². The number of nitrogens with zero attached hydrogens (tertiary/aromatic N) is 1. The second kappa shape index (κ2) is 4.53. The summed E-state index contributed by atoms with van der Waals surface area (Å²) in [6.45, 7) is 6.48. The summed E-state index contributed by atoms with van der Waals surface area (Å²) >= 11 is 0. The molecule has 102 valence electrons. The van der Waals surface area contributed by atoms with Gasteiger partial charge in [-0.3, -0.25) is 9.69 Å². The summed E-state index contributed by atoms with van der Waals surface area (Å²) in [7, 11) is 0. The minimum atomic E-state index is -0.763. The van der Waals surface area contributed by atoms with Gasteiger partial charge in [0.15, 0.2) is 5.78 Å². The summed E-state index contributed by atoms with van der Waals surface area (Å²) in [4.78, 5) is 25.9. The molecule has 0 aliphatic carbocycles. The van der Waals surface area contributed by atoms with Crippen LogP contribution in [-0.4, -0.2) is 47.7 Å². The van der Waals surface area contributed by atoms with Gasteiger partial charge in [0.05, 0.1) is 6.61 Å². The number of Topliss-reactive ketones (excluding diaryl/α,β-unsaturated/α-hetero) is 1. The van der Waals surface area contributed by atoms with Gasteiger partial charge in [0.1, 0.15) is 17.7 Å². The molecule has 18 heavy (non-hydrogen) atoms. The molecule has 2 aliphatic rings. The van der Waals surface area contributed by atoms with E-state index >= 15 is 0 Å². The molecule has 0 aromatic rings. The van der Waals surface area contributed by atoms with E-state index in [1.54, 1.807) is 4.90 Å². The average molecular weight is 255 g/mol. The Hall–Kier alpha value is -1.10. The van der Waals surface area contributed by atoms with E-state index in [-0.39, 0.29) is 12.4 Å². The van der Waals surface area contributed by atoms with Crippen molar-refractivity contribution in [1.29, 1.82) is 0 Å². The standard InChI is InChI=1S/C13H21NO4/c1-12(2,3)18-11(16)14-7-5-4-6-13(14)9-17-8-10(13)15/h4-9H2,1-3H3. The van der Waals surface area contributed by atoms with Crippen molar-refractivity contribution in [2.45, 2.75) is 51.2 Å². The molecule has 5 nitrogen and oxygen atoms in total. The van der Waals surface area contributed by atoms with Crippen LogP contribution in [0.4, 0.5) is 4.79 Å². The Kier molecular flexibility index (Phi) is 3.36. The van der Waals surface area contributed by atoms with Crippen molar-refractivity contribution in [3.63, 3.8) is 0 Å². The van der Waals surface area contributed by atoms with Crippen LogP contribution in [0.5, 0.6) is 0 Å². The molecule has 1 unspecified atom stereocenters. The van der Waals surface area contributed by atoms with Gasteiger partial charge in [0.2, 0.25) is 0 Å². The summed E-state index contributed by atoms with van der Waals surface area (Å²) in [6, 6.07) is 0. The normalized spacial score (nSPS) is 28.8. The molecule has 1 spiro atoms. The first-order chi connectivity index (χ1) is 8.35. The first-order valence-electron chi connectivity index (χ1n) is 6.47. The molecule has 0 aromatic carbocycles. The average Bonchev–Trinajstić information content (AvgIpc) is 2.59. The Labute approximate surface area is 107 Å². The smallest absolute Gasteiger partial charge is 0.411 e. The van der Waals surface area contributed by atoms with E-state index in [9.17, 15) is 9.59 Å². The maximum absolute atomic E-state index is 12.2. The molecule has 2 rings (SSSR count). The minimum absolute atomic E-state index is 0.00746. The molecule has 1 amide bonds. The summed E-state index contributed by atoms with van der Waals surface area (Å²) < 4.78 is 10.7. The summed E-state index contributed by atoms with van der Waals surface area (Å²) in [6.07, 6.45) is 2.15. The fraction of sp³-hybridized carbons (Fsp3) is 0.846. The first-order valence-corrected chi connectivity index (χ1v) is 6.47. The van der Waals surface area contributed by atoms with E-state index in [0.717, 1.165) is 12.8 Å². The Morgan fingerprint density at radius 3 is 2.67 bits per heavy atom. The predicted octanol–water partition coefficient (Wildman–Crippen LogP) is 1.75. The van der Waals surface area contributed by atoms with Crippen LogP contribution < -0.4 is 0 Å². The number of hydrogen-bond donors (Lipinski definition) is 0. The number of ketones is 1. The molecule has 0 saturated carbocycles. The number of ether oxygens (including phenoxy) is 2. The first kappa shape index (κ1) is 13.3. The highest BCUT2D eigenvalue weighted by molar-refractivity contribution is 5.94. The van der Waals surface area contributed by atoms with Gasteiger partial charge >= 0.3 is 6.09 Å². The largest absolute Gasteiger partial charge is 0.444 e. The number of hydrogen-bond acceptors (Lipinski definition) is 4. The van der Waals surface area contributed by atoms with E-state index in [2.05, 4.69) is 0 Å². The second-order valence-corrected chi connectivity index (χ2v) is 6.04. The Morgan fingerprint density at radius 1 is 1.39 bits per heavy atom. The van der Waals surface area contributed by atoms with Crippen molar-refractivity contribution in [1.82, 2.24) is 4.90 Å². The number of rotatable bonds is 0. The molecule has 0 aromatic heterocycles. The molecule has 0 bridgehead atoms. The van der Waals surface area contributed by atoms with Gasteiger partial charge in [-0.25, -0.2) is 4.79 Å². The fourth-order valence-corrected chi connectivity index (χ4v) is 2.59. The SMILES string of the molecule is CC(C)(C)OC(=O)N1CCCCC12COCC2=O. The molecule has 5 heteroatoms.